The molecule has 0 aliphatic heterocycles. The molecule has 8 heteroatoms. The van der Waals surface area contributed by atoms with E-state index in [-0.39, 0.29) is 0 Å². The minimum atomic E-state index is -4.64. The van der Waals surface area contributed by atoms with Crippen molar-refractivity contribution in [2.24, 2.45) is 0 Å². The summed E-state index contributed by atoms with van der Waals surface area (Å²) in [5, 5.41) is 0. The van der Waals surface area contributed by atoms with Crippen LogP contribution in [-0.2, 0) is 4.57 Å². The molecule has 0 unspecified atom stereocenters. The van der Waals surface area contributed by atoms with Crippen LogP contribution in [0.25, 0.3) is 0 Å². The number of phosphoric acid groups is 1. The lowest BCUT2D eigenvalue weighted by Gasteiger charge is -1.82. The number of rotatable bonds is 0. The summed E-state index contributed by atoms with van der Waals surface area (Å²) < 4.78 is 39.6. The predicted molar refractivity (Wildman–Crippen MR) is 25.7 cm³/mol. The summed E-state index contributed by atoms with van der Waals surface area (Å²) in [6.07, 6.45) is -3.04. The molecule has 0 saturated heterocycles. The van der Waals surface area contributed by atoms with E-state index >= 15 is 0 Å². The zero-order valence-corrected chi connectivity index (χ0v) is 5.30. The van der Waals surface area contributed by atoms with E-state index in [2.05, 4.69) is 0 Å². The fourth-order valence-corrected chi connectivity index (χ4v) is 0. The zero-order valence-electron chi connectivity index (χ0n) is 4.41. The summed E-state index contributed by atoms with van der Waals surface area (Å²) in [4.78, 5) is 21.6. The smallest absolute Gasteiger partial charge is 0.303 e. The van der Waals surface area contributed by atoms with Crippen molar-refractivity contribution in [2.75, 3.05) is 0 Å². The lowest BCUT2D eigenvalue weighted by atomic mass is 11.1. The highest BCUT2D eigenvalue weighted by atomic mass is 31.2. The summed E-state index contributed by atoms with van der Waals surface area (Å²) in [5.74, 6) is 0. The second-order valence-corrected chi connectivity index (χ2v) is 1.94. The number of halogens is 3. The quantitative estimate of drug-likeness (QED) is 0.481. The zero-order chi connectivity index (χ0) is 8.78. The van der Waals surface area contributed by atoms with Gasteiger partial charge in [-0.25, -0.2) is 8.96 Å². The van der Waals surface area contributed by atoms with Gasteiger partial charge in [-0.3, -0.25) is 0 Å². The van der Waals surface area contributed by atoms with E-state index in [1.54, 1.807) is 0 Å². The number of hydrogen-bond donors (Lipinski definition) is 3. The van der Waals surface area contributed by atoms with Crippen molar-refractivity contribution in [3.05, 3.63) is 12.4 Å². The van der Waals surface area contributed by atoms with Crippen molar-refractivity contribution >= 4 is 7.82 Å². The lowest BCUT2D eigenvalue weighted by Crippen LogP contribution is -1.66. The Morgan fingerprint density at radius 1 is 1.30 bits per heavy atom. The van der Waals surface area contributed by atoms with Gasteiger partial charge in [-0.1, -0.05) is 0 Å². The van der Waals surface area contributed by atoms with Crippen molar-refractivity contribution in [2.45, 2.75) is 0 Å². The fourth-order valence-electron chi connectivity index (χ4n) is 0. The summed E-state index contributed by atoms with van der Waals surface area (Å²) in [7, 11) is -4.64. The molecule has 62 valence electrons. The maximum Gasteiger partial charge on any atom is 0.466 e. The first kappa shape index (κ1) is 12.3. The Kier molecular flexibility index (Phi) is 6.69. The molecular formula is C2H4F3O4P. The minimum absolute atomic E-state index is 0.750. The molecule has 0 aromatic heterocycles. The average Bonchev–Trinajstić information content (AvgIpc) is 1.61. The van der Waals surface area contributed by atoms with E-state index in [4.69, 9.17) is 19.2 Å². The van der Waals surface area contributed by atoms with Crippen LogP contribution in [-0.4, -0.2) is 14.7 Å². The molecule has 0 aliphatic carbocycles. The Balaban J connectivity index is 0. The Labute approximate surface area is 53.8 Å². The fraction of sp³-hybridized carbons (Fsp3) is 0. The van der Waals surface area contributed by atoms with Crippen LogP contribution in [0.5, 0.6) is 0 Å². The standard InChI is InChI=1S/C2HF3.H3O4P/c3-1-2(4)5;1-5(2,3)4/h1H;(H3,1,2,3,4). The van der Waals surface area contributed by atoms with Crippen LogP contribution in [0.3, 0.4) is 0 Å². The molecular weight excluding hydrogens is 176 g/mol. The molecule has 0 aliphatic rings. The molecule has 0 atom stereocenters. The van der Waals surface area contributed by atoms with Crippen LogP contribution in [0.2, 0.25) is 0 Å². The van der Waals surface area contributed by atoms with E-state index in [9.17, 15) is 13.2 Å². The van der Waals surface area contributed by atoms with Gasteiger partial charge in [0.05, 0.1) is 0 Å². The van der Waals surface area contributed by atoms with Gasteiger partial charge < -0.3 is 14.7 Å². The molecule has 10 heavy (non-hydrogen) atoms. The second kappa shape index (κ2) is 5.43. The third kappa shape index (κ3) is 125. The van der Waals surface area contributed by atoms with Gasteiger partial charge in [-0.2, -0.15) is 8.78 Å². The first-order valence-electron chi connectivity index (χ1n) is 1.67. The summed E-state index contributed by atoms with van der Waals surface area (Å²) in [6.45, 7) is 0. The van der Waals surface area contributed by atoms with E-state index in [0.29, 0.717) is 0 Å². The van der Waals surface area contributed by atoms with Gasteiger partial charge in [-0.05, 0) is 0 Å². The Hall–Kier alpha value is -0.360. The van der Waals surface area contributed by atoms with Gasteiger partial charge in [0.1, 0.15) is 0 Å². The van der Waals surface area contributed by atoms with Gasteiger partial charge in [0.25, 0.3) is 6.08 Å². The molecule has 0 spiro atoms. The van der Waals surface area contributed by atoms with Gasteiger partial charge in [0.15, 0.2) is 6.33 Å². The Morgan fingerprint density at radius 2 is 1.40 bits per heavy atom. The van der Waals surface area contributed by atoms with Crippen molar-refractivity contribution in [3.8, 4) is 0 Å². The molecule has 0 amide bonds. The molecule has 0 radical (unpaired) electrons. The predicted octanol–water partition coefficient (Wildman–Crippen LogP) is 0.765. The van der Waals surface area contributed by atoms with Crippen LogP contribution >= 0.6 is 7.82 Å². The van der Waals surface area contributed by atoms with E-state index in [0.717, 1.165) is 0 Å². The minimum Gasteiger partial charge on any atom is -0.303 e. The summed E-state index contributed by atoms with van der Waals surface area (Å²) in [6, 6.07) is 0. The van der Waals surface area contributed by atoms with Crippen LogP contribution < -0.4 is 0 Å². The highest BCUT2D eigenvalue weighted by Crippen LogP contribution is 2.25. The first-order valence-corrected chi connectivity index (χ1v) is 3.23. The summed E-state index contributed by atoms with van der Waals surface area (Å²) in [5.41, 5.74) is 0. The maximum atomic E-state index is 10.2. The van der Waals surface area contributed by atoms with Crippen LogP contribution in [0, 0.1) is 0 Å². The van der Waals surface area contributed by atoms with Crippen LogP contribution in [0.1, 0.15) is 0 Å². The van der Waals surface area contributed by atoms with Crippen molar-refractivity contribution < 1.29 is 32.4 Å². The summed E-state index contributed by atoms with van der Waals surface area (Å²) >= 11 is 0. The number of hydrogen-bond acceptors (Lipinski definition) is 1. The Morgan fingerprint density at radius 3 is 1.40 bits per heavy atom. The largest absolute Gasteiger partial charge is 0.466 e. The van der Waals surface area contributed by atoms with Crippen LogP contribution in [0.4, 0.5) is 13.2 Å². The van der Waals surface area contributed by atoms with Crippen molar-refractivity contribution in [1.82, 2.24) is 0 Å². The van der Waals surface area contributed by atoms with Crippen LogP contribution in [0.15, 0.2) is 12.4 Å². The average molecular weight is 180 g/mol. The highest BCUT2D eigenvalue weighted by molar-refractivity contribution is 7.45. The van der Waals surface area contributed by atoms with E-state index in [1.807, 2.05) is 0 Å². The van der Waals surface area contributed by atoms with Gasteiger partial charge in [0.2, 0.25) is 0 Å². The maximum absolute atomic E-state index is 10.2. The molecule has 0 heterocycles. The molecule has 0 aromatic carbocycles. The second-order valence-electron chi connectivity index (χ2n) is 0.912. The third-order valence-electron chi connectivity index (χ3n) is 0.0825. The lowest BCUT2D eigenvalue weighted by molar-refractivity contribution is 0.275. The molecule has 0 bridgehead atoms. The molecule has 4 nitrogen and oxygen atoms in total. The Bertz CT molecular complexity index is 138. The van der Waals surface area contributed by atoms with Gasteiger partial charge >= 0.3 is 7.82 Å². The molecule has 0 rings (SSSR count). The molecule has 0 fully saturated rings. The highest BCUT2D eigenvalue weighted by Gasteiger charge is 2.00. The van der Waals surface area contributed by atoms with E-state index < -0.39 is 20.2 Å². The topological polar surface area (TPSA) is 77.8 Å². The first-order chi connectivity index (χ1) is 4.27. The molecule has 3 N–H and O–H groups in total. The SMILES string of the molecule is FC=C(F)F.O=P(O)(O)O. The van der Waals surface area contributed by atoms with Gasteiger partial charge in [0, 0.05) is 0 Å². The monoisotopic (exact) mass is 180 g/mol. The third-order valence-corrected chi connectivity index (χ3v) is 0.0825. The van der Waals surface area contributed by atoms with Crippen molar-refractivity contribution in [3.63, 3.8) is 0 Å². The molecule has 0 aromatic rings. The van der Waals surface area contributed by atoms with Crippen molar-refractivity contribution in [1.29, 1.82) is 0 Å². The normalized spacial score (nSPS) is 9.40. The van der Waals surface area contributed by atoms with E-state index in [1.165, 1.54) is 0 Å². The molecule has 0 saturated carbocycles. The van der Waals surface area contributed by atoms with Gasteiger partial charge in [-0.15, -0.1) is 0 Å².